The number of carbonyl (C=O) groups is 1. The van der Waals surface area contributed by atoms with Crippen LogP contribution in [0.25, 0.3) is 0 Å². The number of amides is 1. The Morgan fingerprint density at radius 1 is 1.23 bits per heavy atom. The summed E-state index contributed by atoms with van der Waals surface area (Å²) in [5.74, 6) is -0.291. The Bertz CT molecular complexity index is 701. The molecule has 0 aliphatic carbocycles. The van der Waals surface area contributed by atoms with Gasteiger partial charge >= 0.3 is 0 Å². The van der Waals surface area contributed by atoms with E-state index in [9.17, 15) is 13.2 Å². The molecule has 0 bridgehead atoms. The summed E-state index contributed by atoms with van der Waals surface area (Å²) in [7, 11) is -3.60. The van der Waals surface area contributed by atoms with Gasteiger partial charge in [-0.3, -0.25) is 9.10 Å². The molecule has 1 atom stereocenters. The van der Waals surface area contributed by atoms with Gasteiger partial charge in [-0.15, -0.1) is 0 Å². The Morgan fingerprint density at radius 3 is 2.38 bits per heavy atom. The number of anilines is 1. The largest absolute Gasteiger partial charge is 0.379 e. The topological polar surface area (TPSA) is 75.7 Å². The molecule has 0 heterocycles. The molecule has 0 fully saturated rings. The van der Waals surface area contributed by atoms with Crippen LogP contribution in [-0.2, 0) is 19.6 Å². The highest BCUT2D eigenvalue weighted by Crippen LogP contribution is 2.25. The molecule has 1 aromatic carbocycles. The lowest BCUT2D eigenvalue weighted by Crippen LogP contribution is -2.49. The molecular formula is C19H32N2O4S. The van der Waals surface area contributed by atoms with Crippen molar-refractivity contribution < 1.29 is 17.9 Å². The van der Waals surface area contributed by atoms with E-state index < -0.39 is 16.1 Å². The average Bonchev–Trinajstić information content (AvgIpc) is 2.53. The van der Waals surface area contributed by atoms with Crippen molar-refractivity contribution in [2.24, 2.45) is 0 Å². The van der Waals surface area contributed by atoms with Gasteiger partial charge in [-0.2, -0.15) is 0 Å². The number of ether oxygens (including phenoxy) is 1. The Labute approximate surface area is 158 Å². The van der Waals surface area contributed by atoms with Gasteiger partial charge in [0, 0.05) is 13.2 Å². The predicted octanol–water partition coefficient (Wildman–Crippen LogP) is 2.78. The molecule has 0 saturated heterocycles. The highest BCUT2D eigenvalue weighted by atomic mass is 32.2. The van der Waals surface area contributed by atoms with Gasteiger partial charge in [-0.05, 0) is 63.8 Å². The van der Waals surface area contributed by atoms with Crippen molar-refractivity contribution in [2.75, 3.05) is 23.7 Å². The Kier molecular flexibility index (Phi) is 8.56. The van der Waals surface area contributed by atoms with Crippen molar-refractivity contribution in [3.8, 4) is 0 Å². The van der Waals surface area contributed by atoms with Crippen LogP contribution in [0.3, 0.4) is 0 Å². The van der Waals surface area contributed by atoms with Crippen molar-refractivity contribution in [3.05, 3.63) is 29.3 Å². The fraction of sp³-hybridized carbons (Fsp3) is 0.632. The van der Waals surface area contributed by atoms with E-state index in [4.69, 9.17) is 4.74 Å². The van der Waals surface area contributed by atoms with Gasteiger partial charge in [0.25, 0.3) is 0 Å². The van der Waals surface area contributed by atoms with Crippen LogP contribution >= 0.6 is 0 Å². The molecule has 6 nitrogen and oxygen atoms in total. The normalized spacial score (nSPS) is 12.9. The molecule has 148 valence electrons. The van der Waals surface area contributed by atoms with E-state index in [1.165, 1.54) is 4.31 Å². The molecule has 0 aliphatic heterocycles. The van der Waals surface area contributed by atoms with Crippen LogP contribution in [-0.4, -0.2) is 45.9 Å². The van der Waals surface area contributed by atoms with Crippen LogP contribution in [0.4, 0.5) is 5.69 Å². The van der Waals surface area contributed by atoms with E-state index in [0.717, 1.165) is 17.4 Å². The third-order valence-electron chi connectivity index (χ3n) is 4.15. The van der Waals surface area contributed by atoms with Gasteiger partial charge in [-0.25, -0.2) is 8.42 Å². The van der Waals surface area contributed by atoms with Crippen molar-refractivity contribution in [1.29, 1.82) is 0 Å². The highest BCUT2D eigenvalue weighted by molar-refractivity contribution is 7.92. The predicted molar refractivity (Wildman–Crippen MR) is 106 cm³/mol. The first-order chi connectivity index (χ1) is 12.1. The Hall–Kier alpha value is -1.60. The van der Waals surface area contributed by atoms with E-state index in [1.807, 2.05) is 46.8 Å². The number of benzene rings is 1. The van der Waals surface area contributed by atoms with Gasteiger partial charge in [0.1, 0.15) is 6.04 Å². The minimum absolute atomic E-state index is 0.152. The summed E-state index contributed by atoms with van der Waals surface area (Å²) < 4.78 is 31.5. The highest BCUT2D eigenvalue weighted by Gasteiger charge is 2.31. The molecule has 1 N–H and O–H groups in total. The van der Waals surface area contributed by atoms with Gasteiger partial charge in [0.2, 0.25) is 15.9 Å². The van der Waals surface area contributed by atoms with Gasteiger partial charge in [-0.1, -0.05) is 13.0 Å². The number of carbonyl (C=O) groups excluding carboxylic acids is 1. The first-order valence-corrected chi connectivity index (χ1v) is 10.9. The van der Waals surface area contributed by atoms with Gasteiger partial charge in [0.15, 0.2) is 0 Å². The summed E-state index contributed by atoms with van der Waals surface area (Å²) in [4.78, 5) is 12.6. The Morgan fingerprint density at radius 2 is 1.88 bits per heavy atom. The second-order valence-corrected chi connectivity index (χ2v) is 8.67. The number of sulfonamides is 1. The molecule has 0 unspecified atom stereocenters. The smallest absolute Gasteiger partial charge is 0.243 e. The number of hydrogen-bond acceptors (Lipinski definition) is 4. The summed E-state index contributed by atoms with van der Waals surface area (Å²) in [5.41, 5.74) is 2.57. The molecule has 0 aromatic heterocycles. The monoisotopic (exact) mass is 384 g/mol. The zero-order valence-electron chi connectivity index (χ0n) is 16.7. The lowest BCUT2D eigenvalue weighted by Gasteiger charge is -2.30. The first-order valence-electron chi connectivity index (χ1n) is 9.03. The van der Waals surface area contributed by atoms with Crippen molar-refractivity contribution >= 4 is 21.6 Å². The fourth-order valence-corrected chi connectivity index (χ4v) is 3.85. The molecule has 0 saturated carbocycles. The maximum absolute atomic E-state index is 12.6. The second-order valence-electron chi connectivity index (χ2n) is 6.82. The number of nitrogens with zero attached hydrogens (tertiary/aromatic N) is 1. The third kappa shape index (κ3) is 6.61. The van der Waals surface area contributed by atoms with Crippen LogP contribution < -0.4 is 9.62 Å². The molecule has 1 rings (SSSR count). The van der Waals surface area contributed by atoms with Gasteiger partial charge < -0.3 is 10.1 Å². The maximum atomic E-state index is 12.6. The minimum atomic E-state index is -3.60. The van der Waals surface area contributed by atoms with Crippen LogP contribution in [0.15, 0.2) is 18.2 Å². The zero-order valence-corrected chi connectivity index (χ0v) is 17.5. The van der Waals surface area contributed by atoms with E-state index >= 15 is 0 Å². The maximum Gasteiger partial charge on any atom is 0.243 e. The summed E-state index contributed by atoms with van der Waals surface area (Å²) >= 11 is 0. The summed E-state index contributed by atoms with van der Waals surface area (Å²) in [6, 6.07) is 4.65. The third-order valence-corrected chi connectivity index (χ3v) is 5.33. The lowest BCUT2D eigenvalue weighted by molar-refractivity contribution is -0.122. The van der Waals surface area contributed by atoms with Crippen LogP contribution in [0.5, 0.6) is 0 Å². The molecule has 1 aromatic rings. The number of rotatable bonds is 10. The van der Waals surface area contributed by atoms with Crippen LogP contribution in [0.2, 0.25) is 0 Å². The van der Waals surface area contributed by atoms with Crippen molar-refractivity contribution in [1.82, 2.24) is 5.32 Å². The van der Waals surface area contributed by atoms with E-state index in [-0.39, 0.29) is 12.0 Å². The average molecular weight is 385 g/mol. The molecule has 1 amide bonds. The van der Waals surface area contributed by atoms with Crippen molar-refractivity contribution in [2.45, 2.75) is 59.6 Å². The second kappa shape index (κ2) is 9.92. The van der Waals surface area contributed by atoms with Crippen LogP contribution in [0.1, 0.15) is 44.7 Å². The first kappa shape index (κ1) is 22.4. The quantitative estimate of drug-likeness (QED) is 0.630. The number of hydrogen-bond donors (Lipinski definition) is 1. The van der Waals surface area contributed by atoms with E-state index in [0.29, 0.717) is 31.7 Å². The van der Waals surface area contributed by atoms with E-state index in [2.05, 4.69) is 5.32 Å². The van der Waals surface area contributed by atoms with E-state index in [1.54, 1.807) is 6.07 Å². The fourth-order valence-electron chi connectivity index (χ4n) is 2.64. The SMILES string of the molecule is CC[C@H](C(=O)NCCCOC(C)C)N(c1ccc(C)c(C)c1)S(C)(=O)=O. The Balaban J connectivity index is 2.93. The molecule has 0 radical (unpaired) electrons. The molecular weight excluding hydrogens is 352 g/mol. The molecule has 0 spiro atoms. The molecule has 26 heavy (non-hydrogen) atoms. The van der Waals surface area contributed by atoms with Crippen LogP contribution in [0, 0.1) is 13.8 Å². The summed E-state index contributed by atoms with van der Waals surface area (Å²) in [6.45, 7) is 10.6. The summed E-state index contributed by atoms with van der Waals surface area (Å²) in [5, 5.41) is 2.83. The zero-order chi connectivity index (χ0) is 19.9. The lowest BCUT2D eigenvalue weighted by atomic mass is 10.1. The molecule has 0 aliphatic rings. The van der Waals surface area contributed by atoms with Crippen molar-refractivity contribution in [3.63, 3.8) is 0 Å². The number of nitrogens with one attached hydrogen (secondary N) is 1. The number of aryl methyl sites for hydroxylation is 2. The van der Waals surface area contributed by atoms with Gasteiger partial charge in [0.05, 0.1) is 18.0 Å². The standard InChI is InChI=1S/C19H32N2O4S/c1-7-18(19(22)20-11-8-12-25-14(2)3)21(26(6,23)24)17-10-9-15(4)16(5)13-17/h9-10,13-14,18H,7-8,11-12H2,1-6H3,(H,20,22)/t18-/m1/s1. The minimum Gasteiger partial charge on any atom is -0.379 e. The summed E-state index contributed by atoms with van der Waals surface area (Å²) in [6.07, 6.45) is 2.35. The molecule has 7 heteroatoms.